The zero-order valence-corrected chi connectivity index (χ0v) is 44.5. The summed E-state index contributed by atoms with van der Waals surface area (Å²) < 4.78 is 29.0. The van der Waals surface area contributed by atoms with Gasteiger partial charge in [-0.15, -0.1) is 0 Å². The number of halogens is 3. The third kappa shape index (κ3) is 13.1. The van der Waals surface area contributed by atoms with Crippen molar-refractivity contribution in [1.29, 1.82) is 0 Å². The molecule has 0 atom stereocenters. The number of esters is 1. The maximum atomic E-state index is 12.5. The van der Waals surface area contributed by atoms with Gasteiger partial charge in [0, 0.05) is 45.6 Å². The third-order valence-electron chi connectivity index (χ3n) is 12.2. The lowest BCUT2D eigenvalue weighted by molar-refractivity contribution is -0.138. The van der Waals surface area contributed by atoms with Gasteiger partial charge >= 0.3 is 41.0 Å². The van der Waals surface area contributed by atoms with Crippen molar-refractivity contribution in [3.8, 4) is 50.8 Å². The number of aromatic hydroxyl groups is 1. The molecule has 9 N–H and O–H groups in total. The Bertz CT molecular complexity index is 3840. The number of carboxylic acid groups (broad SMARTS) is 4. The molecule has 0 saturated heterocycles. The number of aryl methyl sites for hydroxylation is 1. The first-order valence-corrected chi connectivity index (χ1v) is 24.4. The third-order valence-corrected chi connectivity index (χ3v) is 12.8. The lowest BCUT2D eigenvalue weighted by atomic mass is 9.93. The molecule has 23 heteroatoms. The number of hydrogen-bond acceptors (Lipinski definition) is 15. The van der Waals surface area contributed by atoms with E-state index in [9.17, 15) is 54.3 Å². The molecule has 0 spiro atoms. The minimum Gasteiger partial charge on any atom is -1.00 e. The first-order chi connectivity index (χ1) is 37.7. The van der Waals surface area contributed by atoms with Crippen molar-refractivity contribution in [3.05, 3.63) is 153 Å². The number of phenols is 1. The van der Waals surface area contributed by atoms with E-state index in [1.54, 1.807) is 43.3 Å². The summed E-state index contributed by atoms with van der Waals surface area (Å²) in [5.74, 6) is -5.52. The molecule has 1 aliphatic heterocycles. The van der Waals surface area contributed by atoms with Gasteiger partial charge in [0.25, 0.3) is 0 Å². The first kappa shape index (κ1) is 58.2. The zero-order chi connectivity index (χ0) is 56.8. The van der Waals surface area contributed by atoms with Gasteiger partial charge in [-0.1, -0.05) is 53.5 Å². The largest absolute Gasteiger partial charge is 1.00 e. The maximum Gasteiger partial charge on any atom is 0.363 e. The van der Waals surface area contributed by atoms with E-state index >= 15 is 0 Å². The molecule has 80 heavy (non-hydrogen) atoms. The van der Waals surface area contributed by atoms with Crippen molar-refractivity contribution in [2.45, 2.75) is 6.92 Å². The number of nitrogens with zero attached hydrogens (tertiary/aromatic N) is 2. The number of ether oxygens (including phenoxy) is 3. The summed E-state index contributed by atoms with van der Waals surface area (Å²) in [6.45, 7) is -1.30. The minimum absolute atomic E-state index is 0. The van der Waals surface area contributed by atoms with Gasteiger partial charge in [0.15, 0.2) is 0 Å². The van der Waals surface area contributed by atoms with Crippen LogP contribution in [-0.4, -0.2) is 102 Å². The SMILES string of the molecule is COC(=O)c1ccccc1-c1c2ccc(N)cc2[o+]c2cc(N)ccc12.Cc1ccc(N(CC(=O)O)CC(=O)O)c(OCCOc2cc(-c3c4cc(Cl)c(=O)cc-4oc4cc(O)c(Cl)cc34)ccc2N(CC(=O)O)CC(=O)O)c1.[Cl-]. The van der Waals surface area contributed by atoms with Gasteiger partial charge < -0.3 is 77.8 Å². The molecule has 1 aromatic heterocycles. The van der Waals surface area contributed by atoms with Gasteiger partial charge in [-0.25, -0.2) is 9.21 Å². The van der Waals surface area contributed by atoms with Crippen molar-refractivity contribution in [3.63, 3.8) is 0 Å². The van der Waals surface area contributed by atoms with E-state index in [-0.39, 0.29) is 75.6 Å². The van der Waals surface area contributed by atoms with Crippen LogP contribution < -0.4 is 48.6 Å². The molecule has 7 aromatic rings. The fraction of sp³-hybridized carbons (Fsp3) is 0.140. The van der Waals surface area contributed by atoms with Crippen LogP contribution in [0.3, 0.4) is 0 Å². The second kappa shape index (κ2) is 24.9. The van der Waals surface area contributed by atoms with Crippen molar-refractivity contribution in [2.75, 3.05) is 67.8 Å². The quantitative estimate of drug-likeness (QED) is 0.0153. The Balaban J connectivity index is 0.000000285. The summed E-state index contributed by atoms with van der Waals surface area (Å²) in [7, 11) is 1.37. The Morgan fingerprint density at radius 3 is 1.70 bits per heavy atom. The van der Waals surface area contributed by atoms with E-state index < -0.39 is 61.5 Å². The number of methoxy groups -OCH3 is 1. The molecule has 0 bridgehead atoms. The van der Waals surface area contributed by atoms with Crippen LogP contribution in [0.15, 0.2) is 135 Å². The maximum absolute atomic E-state index is 12.5. The number of carbonyl (C=O) groups is 5. The molecule has 2 heterocycles. The average molecular weight is 1150 g/mol. The van der Waals surface area contributed by atoms with Crippen molar-refractivity contribution < 1.29 is 85.0 Å². The normalized spacial score (nSPS) is 10.8. The monoisotopic (exact) mass is 1150 g/mol. The fourth-order valence-corrected chi connectivity index (χ4v) is 9.20. The number of rotatable bonds is 18. The van der Waals surface area contributed by atoms with Gasteiger partial charge in [0.2, 0.25) is 5.43 Å². The highest BCUT2D eigenvalue weighted by Crippen LogP contribution is 2.46. The Morgan fingerprint density at radius 1 is 0.613 bits per heavy atom. The van der Waals surface area contributed by atoms with Gasteiger partial charge in [0.05, 0.1) is 57.0 Å². The number of carboxylic acids is 4. The van der Waals surface area contributed by atoms with Gasteiger partial charge in [-0.3, -0.25) is 24.0 Å². The Morgan fingerprint density at radius 2 is 1.15 bits per heavy atom. The number of benzene rings is 7. The van der Waals surface area contributed by atoms with E-state index in [1.807, 2.05) is 42.5 Å². The number of phenolic OH excluding ortho intramolecular Hbond substituents is 1. The number of nitrogens with two attached hydrogens (primary N) is 2. The number of anilines is 4. The lowest BCUT2D eigenvalue weighted by Crippen LogP contribution is -3.00. The second-order valence-corrected chi connectivity index (χ2v) is 18.5. The summed E-state index contributed by atoms with van der Waals surface area (Å²) in [5, 5.41) is 50.3. The summed E-state index contributed by atoms with van der Waals surface area (Å²) in [6.07, 6.45) is 0. The molecular weight excluding hydrogens is 1100 g/mol. The fourth-order valence-electron chi connectivity index (χ4n) is 8.87. The second-order valence-electron chi connectivity index (χ2n) is 17.7. The number of hydrogen-bond donors (Lipinski definition) is 7. The van der Waals surface area contributed by atoms with E-state index in [1.165, 1.54) is 49.6 Å². The average Bonchev–Trinajstić information content (AvgIpc) is 3.50. The van der Waals surface area contributed by atoms with Crippen molar-refractivity contribution in [2.24, 2.45) is 0 Å². The van der Waals surface area contributed by atoms with Crippen LogP contribution in [0.4, 0.5) is 22.7 Å². The van der Waals surface area contributed by atoms with Crippen LogP contribution in [0.5, 0.6) is 17.2 Å². The summed E-state index contributed by atoms with van der Waals surface area (Å²) in [5.41, 5.74) is 18.3. The summed E-state index contributed by atoms with van der Waals surface area (Å²) >= 11 is 12.5. The minimum atomic E-state index is -1.32. The molecule has 0 radical (unpaired) electrons. The molecule has 0 unspecified atom stereocenters. The standard InChI is InChI=1S/C36H30Cl2N2O13.C21H17N2O3.ClH/c1-18-2-4-24(39(14-32(43)44)15-33(45)46)30(8-18)51-6-7-52-31-9-19(3-5-25(31)40(16-34(47)48)17-35(49)50)36-20-10-22(37)26(41)12-28(20)53-29-13-27(42)23(38)11-21(29)36;1-25-21(24)15-5-3-2-4-14(15)20-16-8-6-12(22)10-18(16)26-19-11-13(23)7-9-17(19)20;/h2-5,8-13,41H,6-7,14-17H2,1H3,(H,43,44)(H,45,46)(H,47,48)(H,49,50);2-11H,22-23H2,1H3;1H/q;+1;/p-1. The number of fused-ring (bicyclic) bond motifs is 4. The van der Waals surface area contributed by atoms with Crippen LogP contribution in [0.1, 0.15) is 15.9 Å². The number of nitrogen functional groups attached to an aromatic ring is 2. The van der Waals surface area contributed by atoms with E-state index in [0.717, 1.165) is 37.3 Å². The molecule has 6 aromatic carbocycles. The highest BCUT2D eigenvalue weighted by Gasteiger charge is 2.27. The topological polar surface area (TPSA) is 314 Å². The zero-order valence-electron chi connectivity index (χ0n) is 42.2. The Labute approximate surface area is 469 Å². The molecule has 0 saturated carbocycles. The molecule has 1 aliphatic carbocycles. The van der Waals surface area contributed by atoms with Crippen molar-refractivity contribution in [1.82, 2.24) is 0 Å². The Kier molecular flexibility index (Phi) is 18.1. The van der Waals surface area contributed by atoms with Gasteiger partial charge in [-0.2, -0.15) is 0 Å². The number of aliphatic carboxylic acids is 4. The summed E-state index contributed by atoms with van der Waals surface area (Å²) in [4.78, 5) is 73.5. The molecule has 0 fully saturated rings. The van der Waals surface area contributed by atoms with Crippen LogP contribution in [0, 0.1) is 6.92 Å². The molecule has 9 rings (SSSR count). The molecular formula is C57H47Cl3N4O16. The Hall–Kier alpha value is -9.50. The first-order valence-electron chi connectivity index (χ1n) is 23.7. The molecule has 412 valence electrons. The predicted octanol–water partition coefficient (Wildman–Crippen LogP) is 6.78. The predicted molar refractivity (Wildman–Crippen MR) is 297 cm³/mol. The summed E-state index contributed by atoms with van der Waals surface area (Å²) in [6, 6.07) is 32.9. The highest BCUT2D eigenvalue weighted by atomic mass is 35.5. The van der Waals surface area contributed by atoms with Gasteiger partial charge in [0.1, 0.15) is 68.0 Å². The van der Waals surface area contributed by atoms with E-state index in [4.69, 9.17) is 57.7 Å². The van der Waals surface area contributed by atoms with Gasteiger partial charge in [-0.05, 0) is 90.3 Å². The van der Waals surface area contributed by atoms with E-state index in [0.29, 0.717) is 50.2 Å². The molecule has 0 amide bonds. The van der Waals surface area contributed by atoms with E-state index in [2.05, 4.69) is 0 Å². The van der Waals surface area contributed by atoms with Crippen LogP contribution >= 0.6 is 23.2 Å². The van der Waals surface area contributed by atoms with Crippen molar-refractivity contribution >= 4 is 109 Å². The highest BCUT2D eigenvalue weighted by molar-refractivity contribution is 6.33. The smallest absolute Gasteiger partial charge is 0.363 e. The van der Waals surface area contributed by atoms with Crippen LogP contribution in [0.25, 0.3) is 66.5 Å². The van der Waals surface area contributed by atoms with Crippen LogP contribution in [-0.2, 0) is 23.9 Å². The van der Waals surface area contributed by atoms with Crippen LogP contribution in [0.2, 0.25) is 10.0 Å². The lowest BCUT2D eigenvalue weighted by Gasteiger charge is -2.25. The number of carbonyl (C=O) groups excluding carboxylic acids is 1. The molecule has 20 nitrogen and oxygen atoms in total. The molecule has 2 aliphatic rings.